The highest BCUT2D eigenvalue weighted by molar-refractivity contribution is 6.06. The van der Waals surface area contributed by atoms with Crippen molar-refractivity contribution in [2.75, 3.05) is 5.32 Å². The van der Waals surface area contributed by atoms with Gasteiger partial charge in [-0.3, -0.25) is 4.79 Å². The molecule has 3 N–H and O–H groups in total. The van der Waals surface area contributed by atoms with Crippen molar-refractivity contribution in [2.24, 2.45) is 0 Å². The van der Waals surface area contributed by atoms with Crippen molar-refractivity contribution in [2.45, 2.75) is 12.4 Å². The molecule has 0 aliphatic rings. The molecule has 0 saturated carbocycles. The molecule has 25 heavy (non-hydrogen) atoms. The largest absolute Gasteiger partial charge is 0.508 e. The molecule has 10 heteroatoms. The number of hydrogen-bond donors (Lipinski definition) is 3. The number of phenolic OH excluding ortho intramolecular Hbond substituents is 2. The minimum atomic E-state index is -5.05. The van der Waals surface area contributed by atoms with Crippen LogP contribution in [0.5, 0.6) is 11.5 Å². The fourth-order valence-corrected chi connectivity index (χ4v) is 1.94. The lowest BCUT2D eigenvalue weighted by atomic mass is 10.1. The zero-order valence-electron chi connectivity index (χ0n) is 12.0. The first kappa shape index (κ1) is 18.4. The van der Waals surface area contributed by atoms with Gasteiger partial charge in [0.15, 0.2) is 0 Å². The van der Waals surface area contributed by atoms with Crippen LogP contribution in [-0.2, 0) is 12.4 Å². The van der Waals surface area contributed by atoms with Gasteiger partial charge < -0.3 is 15.5 Å². The zero-order chi connectivity index (χ0) is 19.0. The number of halogens is 6. The second kappa shape index (κ2) is 6.19. The summed E-state index contributed by atoms with van der Waals surface area (Å²) >= 11 is 0. The van der Waals surface area contributed by atoms with Crippen molar-refractivity contribution in [1.82, 2.24) is 0 Å². The van der Waals surface area contributed by atoms with E-state index in [1.54, 1.807) is 0 Å². The van der Waals surface area contributed by atoms with E-state index in [-0.39, 0.29) is 11.8 Å². The van der Waals surface area contributed by atoms with Crippen molar-refractivity contribution in [3.63, 3.8) is 0 Å². The Morgan fingerprint density at radius 3 is 1.80 bits per heavy atom. The number of amides is 1. The van der Waals surface area contributed by atoms with Crippen molar-refractivity contribution in [1.29, 1.82) is 0 Å². The van der Waals surface area contributed by atoms with Gasteiger partial charge in [0.05, 0.1) is 16.7 Å². The summed E-state index contributed by atoms with van der Waals surface area (Å²) in [4.78, 5) is 12.0. The molecule has 0 saturated heterocycles. The molecule has 0 aliphatic heterocycles. The summed E-state index contributed by atoms with van der Waals surface area (Å²) in [5.74, 6) is -2.22. The Morgan fingerprint density at radius 1 is 0.840 bits per heavy atom. The molecular weight excluding hydrogens is 356 g/mol. The van der Waals surface area contributed by atoms with E-state index in [0.717, 1.165) is 18.2 Å². The standard InChI is InChI=1S/C15H9F6NO3/c16-14(17,18)7-3-8(15(19,20)21)5-9(4-7)22-13(25)11-2-1-10(23)6-12(11)24/h1-6,23-24H,(H,22,25). The minimum absolute atomic E-state index is 0.0757. The average Bonchev–Trinajstić information content (AvgIpc) is 2.44. The van der Waals surface area contributed by atoms with Crippen molar-refractivity contribution < 1.29 is 41.4 Å². The monoisotopic (exact) mass is 365 g/mol. The normalized spacial score (nSPS) is 12.1. The number of anilines is 1. The minimum Gasteiger partial charge on any atom is -0.508 e. The van der Waals surface area contributed by atoms with E-state index in [1.807, 2.05) is 5.32 Å². The number of phenols is 2. The number of nitrogens with one attached hydrogen (secondary N) is 1. The number of carbonyl (C=O) groups is 1. The van der Waals surface area contributed by atoms with Crippen LogP contribution in [0.2, 0.25) is 0 Å². The van der Waals surface area contributed by atoms with Crippen molar-refractivity contribution >= 4 is 11.6 Å². The summed E-state index contributed by atoms with van der Waals surface area (Å²) in [5.41, 5.74) is -4.37. The summed E-state index contributed by atoms with van der Waals surface area (Å²) in [5, 5.41) is 20.5. The summed E-state index contributed by atoms with van der Waals surface area (Å²) < 4.78 is 76.5. The van der Waals surface area contributed by atoms with E-state index in [0.29, 0.717) is 12.1 Å². The molecule has 2 rings (SSSR count). The van der Waals surface area contributed by atoms with Crippen LogP contribution in [0.25, 0.3) is 0 Å². The van der Waals surface area contributed by atoms with Gasteiger partial charge >= 0.3 is 12.4 Å². The SMILES string of the molecule is O=C(Nc1cc(C(F)(F)F)cc(C(F)(F)F)c1)c1ccc(O)cc1O. The highest BCUT2D eigenvalue weighted by Crippen LogP contribution is 2.37. The number of rotatable bonds is 2. The van der Waals surface area contributed by atoms with Crippen LogP contribution < -0.4 is 5.32 Å². The van der Waals surface area contributed by atoms with Gasteiger partial charge in [0.1, 0.15) is 11.5 Å². The van der Waals surface area contributed by atoms with Crippen LogP contribution in [0.1, 0.15) is 21.5 Å². The molecule has 0 atom stereocenters. The van der Waals surface area contributed by atoms with E-state index in [2.05, 4.69) is 0 Å². The Bertz CT molecular complexity index is 782. The Balaban J connectivity index is 2.43. The molecule has 134 valence electrons. The Morgan fingerprint density at radius 2 is 1.36 bits per heavy atom. The third-order valence-electron chi connectivity index (χ3n) is 3.07. The molecule has 0 unspecified atom stereocenters. The van der Waals surface area contributed by atoms with Gasteiger partial charge in [0.2, 0.25) is 0 Å². The van der Waals surface area contributed by atoms with Gasteiger partial charge in [0, 0.05) is 11.8 Å². The summed E-state index contributed by atoms with van der Waals surface area (Å²) in [6.45, 7) is 0. The molecule has 0 heterocycles. The number of alkyl halides is 6. The zero-order valence-corrected chi connectivity index (χ0v) is 12.0. The Kier molecular flexibility index (Phi) is 4.56. The van der Waals surface area contributed by atoms with Gasteiger partial charge in [-0.15, -0.1) is 0 Å². The third kappa shape index (κ3) is 4.34. The van der Waals surface area contributed by atoms with E-state index >= 15 is 0 Å². The highest BCUT2D eigenvalue weighted by Gasteiger charge is 2.37. The fourth-order valence-electron chi connectivity index (χ4n) is 1.94. The maximum atomic E-state index is 12.8. The predicted octanol–water partition coefficient (Wildman–Crippen LogP) is 4.39. The van der Waals surface area contributed by atoms with Crippen LogP contribution in [-0.4, -0.2) is 16.1 Å². The lowest BCUT2D eigenvalue weighted by molar-refractivity contribution is -0.143. The molecule has 0 fully saturated rings. The van der Waals surface area contributed by atoms with Gasteiger partial charge in [-0.25, -0.2) is 0 Å². The van der Waals surface area contributed by atoms with Crippen LogP contribution in [0.3, 0.4) is 0 Å². The van der Waals surface area contributed by atoms with Gasteiger partial charge in [-0.05, 0) is 30.3 Å². The van der Waals surface area contributed by atoms with Gasteiger partial charge in [-0.2, -0.15) is 26.3 Å². The summed E-state index contributed by atoms with van der Waals surface area (Å²) in [6, 6.07) is 3.37. The first-order valence-electron chi connectivity index (χ1n) is 6.51. The number of aromatic hydroxyl groups is 2. The van der Waals surface area contributed by atoms with Crippen LogP contribution in [0.4, 0.5) is 32.0 Å². The summed E-state index contributed by atoms with van der Waals surface area (Å²) in [6.07, 6.45) is -10.1. The Labute approximate surface area is 136 Å². The van der Waals surface area contributed by atoms with Crippen LogP contribution >= 0.6 is 0 Å². The third-order valence-corrected chi connectivity index (χ3v) is 3.07. The first-order chi connectivity index (χ1) is 11.4. The van der Waals surface area contributed by atoms with E-state index in [9.17, 15) is 36.2 Å². The van der Waals surface area contributed by atoms with E-state index < -0.39 is 46.4 Å². The molecule has 1 amide bonds. The van der Waals surface area contributed by atoms with E-state index in [1.165, 1.54) is 0 Å². The van der Waals surface area contributed by atoms with Gasteiger partial charge in [-0.1, -0.05) is 0 Å². The lowest BCUT2D eigenvalue weighted by Gasteiger charge is -2.15. The quantitative estimate of drug-likeness (QED) is 0.692. The highest BCUT2D eigenvalue weighted by atomic mass is 19.4. The average molecular weight is 365 g/mol. The van der Waals surface area contributed by atoms with Crippen LogP contribution in [0, 0.1) is 0 Å². The molecule has 2 aromatic rings. The first-order valence-corrected chi connectivity index (χ1v) is 6.51. The fraction of sp³-hybridized carbons (Fsp3) is 0.133. The number of hydrogen-bond acceptors (Lipinski definition) is 3. The number of carbonyl (C=O) groups excluding carboxylic acids is 1. The van der Waals surface area contributed by atoms with Gasteiger partial charge in [0.25, 0.3) is 5.91 Å². The van der Waals surface area contributed by atoms with Crippen molar-refractivity contribution in [3.05, 3.63) is 53.1 Å². The number of benzene rings is 2. The molecule has 4 nitrogen and oxygen atoms in total. The maximum Gasteiger partial charge on any atom is 0.416 e. The topological polar surface area (TPSA) is 69.6 Å². The molecule has 0 radical (unpaired) electrons. The van der Waals surface area contributed by atoms with Crippen LogP contribution in [0.15, 0.2) is 36.4 Å². The second-order valence-electron chi connectivity index (χ2n) is 4.95. The smallest absolute Gasteiger partial charge is 0.416 e. The molecular formula is C15H9F6NO3. The molecule has 0 spiro atoms. The summed E-state index contributed by atoms with van der Waals surface area (Å²) in [7, 11) is 0. The molecule has 2 aromatic carbocycles. The predicted molar refractivity (Wildman–Crippen MR) is 74.2 cm³/mol. The van der Waals surface area contributed by atoms with E-state index in [4.69, 9.17) is 5.11 Å². The molecule has 0 aliphatic carbocycles. The maximum absolute atomic E-state index is 12.8. The lowest BCUT2D eigenvalue weighted by Crippen LogP contribution is -2.16. The molecule has 0 bridgehead atoms. The second-order valence-corrected chi connectivity index (χ2v) is 4.95. The van der Waals surface area contributed by atoms with Crippen molar-refractivity contribution in [3.8, 4) is 11.5 Å². The Hall–Kier alpha value is -2.91. The molecule has 0 aromatic heterocycles.